The Morgan fingerprint density at radius 1 is 1.20 bits per heavy atom. The summed E-state index contributed by atoms with van der Waals surface area (Å²) in [4.78, 5) is 7.17. The van der Waals surface area contributed by atoms with E-state index >= 15 is 0 Å². The normalized spacial score (nSPS) is 16.9. The molecule has 0 atom stereocenters. The van der Waals surface area contributed by atoms with Gasteiger partial charge in [-0.05, 0) is 45.8 Å². The molecule has 1 heterocycles. The maximum Gasteiger partial charge on any atom is 0.191 e. The van der Waals surface area contributed by atoms with E-state index in [1.165, 1.54) is 45.3 Å². The van der Waals surface area contributed by atoms with Crippen LogP contribution in [0.3, 0.4) is 0 Å². The average molecular weight is 394 g/mol. The Morgan fingerprint density at radius 2 is 1.90 bits per heavy atom. The molecule has 1 aliphatic rings. The molecule has 0 spiro atoms. The van der Waals surface area contributed by atoms with Gasteiger partial charge in [0.1, 0.15) is 0 Å². The predicted molar refractivity (Wildman–Crippen MR) is 99.1 cm³/mol. The van der Waals surface area contributed by atoms with Crippen molar-refractivity contribution in [3.05, 3.63) is 12.7 Å². The van der Waals surface area contributed by atoms with Crippen molar-refractivity contribution in [2.75, 3.05) is 39.3 Å². The van der Waals surface area contributed by atoms with Gasteiger partial charge in [0.05, 0.1) is 0 Å². The van der Waals surface area contributed by atoms with Crippen LogP contribution in [0, 0.1) is 0 Å². The summed E-state index contributed by atoms with van der Waals surface area (Å²) in [5.41, 5.74) is 0. The van der Waals surface area contributed by atoms with Gasteiger partial charge in [0.25, 0.3) is 0 Å². The lowest BCUT2D eigenvalue weighted by molar-refractivity contribution is 0.283. The molecule has 0 unspecified atom stereocenters. The summed E-state index contributed by atoms with van der Waals surface area (Å²) in [6.45, 7) is 12.1. The molecule has 1 fully saturated rings. The van der Waals surface area contributed by atoms with E-state index in [0.717, 1.165) is 32.0 Å². The number of hydrogen-bond acceptors (Lipinski definition) is 2. The molecule has 118 valence electrons. The molecule has 0 aromatic carbocycles. The summed E-state index contributed by atoms with van der Waals surface area (Å²) in [5, 5.41) is 6.47. The highest BCUT2D eigenvalue weighted by Crippen LogP contribution is 2.09. The molecule has 0 aromatic heterocycles. The third-order valence-corrected chi connectivity index (χ3v) is 3.36. The van der Waals surface area contributed by atoms with Crippen molar-refractivity contribution in [3.63, 3.8) is 0 Å². The number of hydrogen-bond donors (Lipinski definition) is 2. The van der Waals surface area contributed by atoms with Gasteiger partial charge in [-0.15, -0.1) is 30.6 Å². The molecule has 0 saturated carbocycles. The van der Waals surface area contributed by atoms with Crippen molar-refractivity contribution < 1.29 is 0 Å². The summed E-state index contributed by atoms with van der Waals surface area (Å²) < 4.78 is 0. The zero-order valence-electron chi connectivity index (χ0n) is 12.9. The van der Waals surface area contributed by atoms with Gasteiger partial charge in [0.2, 0.25) is 0 Å². The Kier molecular flexibility index (Phi) is 13.5. The molecular formula is C15H31IN4. The second-order valence-electron chi connectivity index (χ2n) is 5.04. The quantitative estimate of drug-likeness (QED) is 0.229. The SMILES string of the molecule is C=CCNC(=NCCCN1CCCCCC1)NCC.I. The van der Waals surface area contributed by atoms with Crippen LogP contribution in [0.1, 0.15) is 39.0 Å². The summed E-state index contributed by atoms with van der Waals surface area (Å²) in [6, 6.07) is 0. The molecule has 20 heavy (non-hydrogen) atoms. The highest BCUT2D eigenvalue weighted by Gasteiger charge is 2.07. The topological polar surface area (TPSA) is 39.7 Å². The number of halogens is 1. The highest BCUT2D eigenvalue weighted by molar-refractivity contribution is 14.0. The van der Waals surface area contributed by atoms with Gasteiger partial charge in [0.15, 0.2) is 5.96 Å². The molecule has 1 saturated heterocycles. The molecule has 2 N–H and O–H groups in total. The van der Waals surface area contributed by atoms with Gasteiger partial charge in [-0.3, -0.25) is 4.99 Å². The zero-order chi connectivity index (χ0) is 13.8. The van der Waals surface area contributed by atoms with Crippen LogP contribution in [0.2, 0.25) is 0 Å². The van der Waals surface area contributed by atoms with Crippen LogP contribution in [-0.2, 0) is 0 Å². The molecule has 0 radical (unpaired) electrons. The van der Waals surface area contributed by atoms with Crippen molar-refractivity contribution in [2.45, 2.75) is 39.0 Å². The minimum absolute atomic E-state index is 0. The number of rotatable bonds is 7. The first-order chi connectivity index (χ1) is 9.36. The Morgan fingerprint density at radius 3 is 2.50 bits per heavy atom. The van der Waals surface area contributed by atoms with Crippen LogP contribution in [0.15, 0.2) is 17.6 Å². The number of nitrogens with zero attached hydrogens (tertiary/aromatic N) is 2. The second-order valence-corrected chi connectivity index (χ2v) is 5.04. The van der Waals surface area contributed by atoms with E-state index in [2.05, 4.69) is 34.0 Å². The van der Waals surface area contributed by atoms with E-state index in [1.807, 2.05) is 6.08 Å². The fourth-order valence-corrected chi connectivity index (χ4v) is 2.36. The van der Waals surface area contributed by atoms with Crippen LogP contribution in [-0.4, -0.2) is 50.1 Å². The van der Waals surface area contributed by atoms with E-state index in [1.54, 1.807) is 0 Å². The second kappa shape index (κ2) is 13.7. The summed E-state index contributed by atoms with van der Waals surface area (Å²) in [5.74, 6) is 0.901. The van der Waals surface area contributed by atoms with Crippen LogP contribution in [0.4, 0.5) is 0 Å². The number of likely N-dealkylation sites (tertiary alicyclic amines) is 1. The largest absolute Gasteiger partial charge is 0.357 e. The highest BCUT2D eigenvalue weighted by atomic mass is 127. The fourth-order valence-electron chi connectivity index (χ4n) is 2.36. The van der Waals surface area contributed by atoms with Crippen LogP contribution < -0.4 is 10.6 Å². The van der Waals surface area contributed by atoms with Gasteiger partial charge in [-0.2, -0.15) is 0 Å². The van der Waals surface area contributed by atoms with E-state index in [9.17, 15) is 0 Å². The molecular weight excluding hydrogens is 363 g/mol. The van der Waals surface area contributed by atoms with Crippen molar-refractivity contribution in [2.24, 2.45) is 4.99 Å². The molecule has 0 aromatic rings. The Labute approximate surface area is 141 Å². The maximum atomic E-state index is 4.58. The van der Waals surface area contributed by atoms with E-state index in [4.69, 9.17) is 0 Å². The molecule has 1 rings (SSSR count). The van der Waals surface area contributed by atoms with E-state index in [0.29, 0.717) is 0 Å². The molecule has 4 nitrogen and oxygen atoms in total. The van der Waals surface area contributed by atoms with Gasteiger partial charge in [-0.25, -0.2) is 0 Å². The Bertz CT molecular complexity index is 261. The lowest BCUT2D eigenvalue weighted by atomic mass is 10.2. The van der Waals surface area contributed by atoms with Gasteiger partial charge < -0.3 is 15.5 Å². The summed E-state index contributed by atoms with van der Waals surface area (Å²) in [6.07, 6.45) is 8.55. The Hall–Kier alpha value is -0.300. The van der Waals surface area contributed by atoms with Crippen LogP contribution in [0.5, 0.6) is 0 Å². The minimum atomic E-state index is 0. The number of guanidine groups is 1. The zero-order valence-corrected chi connectivity index (χ0v) is 15.2. The first-order valence-corrected chi connectivity index (χ1v) is 7.72. The first-order valence-electron chi connectivity index (χ1n) is 7.72. The summed E-state index contributed by atoms with van der Waals surface area (Å²) in [7, 11) is 0. The predicted octanol–water partition coefficient (Wildman–Crippen LogP) is 2.61. The van der Waals surface area contributed by atoms with Crippen molar-refractivity contribution in [1.29, 1.82) is 0 Å². The lowest BCUT2D eigenvalue weighted by Gasteiger charge is -2.19. The standard InChI is InChI=1S/C15H30N4.HI/c1-3-10-17-15(16-4-2)18-11-9-14-19-12-7-5-6-8-13-19;/h3H,1,4-14H2,2H3,(H2,16,17,18);1H. The third kappa shape index (κ3) is 9.58. The lowest BCUT2D eigenvalue weighted by Crippen LogP contribution is -2.37. The molecule has 0 bridgehead atoms. The van der Waals surface area contributed by atoms with Crippen molar-refractivity contribution in [1.82, 2.24) is 15.5 Å². The average Bonchev–Trinajstić information content (AvgIpc) is 2.69. The third-order valence-electron chi connectivity index (χ3n) is 3.36. The minimum Gasteiger partial charge on any atom is -0.357 e. The molecule has 5 heteroatoms. The monoisotopic (exact) mass is 394 g/mol. The van der Waals surface area contributed by atoms with E-state index < -0.39 is 0 Å². The Balaban J connectivity index is 0.00000361. The molecule has 0 aliphatic carbocycles. The van der Waals surface area contributed by atoms with Crippen molar-refractivity contribution in [3.8, 4) is 0 Å². The first kappa shape index (κ1) is 19.7. The summed E-state index contributed by atoms with van der Waals surface area (Å²) >= 11 is 0. The van der Waals surface area contributed by atoms with Gasteiger partial charge >= 0.3 is 0 Å². The molecule has 1 aliphatic heterocycles. The van der Waals surface area contributed by atoms with E-state index in [-0.39, 0.29) is 24.0 Å². The number of aliphatic imine (C=N–C) groups is 1. The van der Waals surface area contributed by atoms with Gasteiger partial charge in [0, 0.05) is 19.6 Å². The fraction of sp³-hybridized carbons (Fsp3) is 0.800. The maximum absolute atomic E-state index is 4.58. The number of nitrogens with one attached hydrogen (secondary N) is 2. The van der Waals surface area contributed by atoms with Crippen LogP contribution >= 0.6 is 24.0 Å². The van der Waals surface area contributed by atoms with Crippen molar-refractivity contribution >= 4 is 29.9 Å². The van der Waals surface area contributed by atoms with Gasteiger partial charge in [-0.1, -0.05) is 18.9 Å². The molecule has 0 amide bonds. The van der Waals surface area contributed by atoms with Crippen LogP contribution in [0.25, 0.3) is 0 Å². The smallest absolute Gasteiger partial charge is 0.191 e.